The summed E-state index contributed by atoms with van der Waals surface area (Å²) in [6.45, 7) is -1.37. The number of hydrogen-bond donors (Lipinski definition) is 3. The van der Waals surface area contributed by atoms with Crippen molar-refractivity contribution in [1.29, 1.82) is 0 Å². The summed E-state index contributed by atoms with van der Waals surface area (Å²) in [5.41, 5.74) is 1.44. The van der Waals surface area contributed by atoms with E-state index < -0.39 is 24.7 Å². The lowest BCUT2D eigenvalue weighted by molar-refractivity contribution is -0.138. The van der Waals surface area contributed by atoms with Crippen LogP contribution in [0.4, 0.5) is 29.3 Å². The van der Waals surface area contributed by atoms with Crippen molar-refractivity contribution in [3.8, 4) is 11.5 Å². The molecule has 0 atom stereocenters. The highest BCUT2D eigenvalue weighted by molar-refractivity contribution is 6.00. The minimum absolute atomic E-state index is 0.200. The molecule has 0 aromatic heterocycles. The van der Waals surface area contributed by atoms with Crippen molar-refractivity contribution in [3.05, 3.63) is 48.0 Å². The summed E-state index contributed by atoms with van der Waals surface area (Å²) in [7, 11) is 2.98. The van der Waals surface area contributed by atoms with Crippen molar-refractivity contribution in [2.45, 2.75) is 12.6 Å². The maximum atomic E-state index is 12.1. The van der Waals surface area contributed by atoms with Crippen LogP contribution in [0.25, 0.3) is 0 Å². The molecule has 0 fully saturated rings. The molecule has 0 heterocycles. The lowest BCUT2D eigenvalue weighted by Crippen LogP contribution is -2.34. The SMILES string of the molecule is COc1ccc(NC(=O)Nc2ccc(CC(=O)NCC(F)(F)F)cc2)cc1OC. The fourth-order valence-electron chi connectivity index (χ4n) is 2.36. The van der Waals surface area contributed by atoms with Gasteiger partial charge in [0, 0.05) is 17.4 Å². The predicted octanol–water partition coefficient (Wildman–Crippen LogP) is 3.57. The Labute approximate surface area is 165 Å². The maximum absolute atomic E-state index is 12.1. The monoisotopic (exact) mass is 411 g/mol. The van der Waals surface area contributed by atoms with E-state index in [1.54, 1.807) is 47.8 Å². The van der Waals surface area contributed by atoms with Crippen molar-refractivity contribution < 1.29 is 32.2 Å². The number of alkyl halides is 3. The van der Waals surface area contributed by atoms with Gasteiger partial charge in [0.1, 0.15) is 6.54 Å². The zero-order valence-corrected chi connectivity index (χ0v) is 15.7. The molecule has 3 N–H and O–H groups in total. The molecule has 2 rings (SSSR count). The molecule has 156 valence electrons. The van der Waals surface area contributed by atoms with Crippen molar-refractivity contribution >= 4 is 23.3 Å². The number of hydrogen-bond acceptors (Lipinski definition) is 4. The Morgan fingerprint density at radius 2 is 1.48 bits per heavy atom. The molecule has 29 heavy (non-hydrogen) atoms. The minimum atomic E-state index is -4.45. The standard InChI is InChI=1S/C19H20F3N3O4/c1-28-15-8-7-14(10-16(15)29-2)25-18(27)24-13-5-3-12(4-6-13)9-17(26)23-11-19(20,21)22/h3-8,10H,9,11H2,1-2H3,(H,23,26)(H2,24,25,27). The van der Waals surface area contributed by atoms with Crippen LogP contribution >= 0.6 is 0 Å². The summed E-state index contributed by atoms with van der Waals surface area (Å²) in [6, 6.07) is 10.5. The van der Waals surface area contributed by atoms with Crippen molar-refractivity contribution in [2.24, 2.45) is 0 Å². The number of benzene rings is 2. The summed E-state index contributed by atoms with van der Waals surface area (Å²) < 4.78 is 46.6. The smallest absolute Gasteiger partial charge is 0.405 e. The minimum Gasteiger partial charge on any atom is -0.493 e. The van der Waals surface area contributed by atoms with Gasteiger partial charge in [-0.3, -0.25) is 4.79 Å². The van der Waals surface area contributed by atoms with Crippen molar-refractivity contribution in [2.75, 3.05) is 31.4 Å². The number of carbonyl (C=O) groups is 2. The molecule has 0 radical (unpaired) electrons. The molecule has 3 amide bonds. The largest absolute Gasteiger partial charge is 0.493 e. The zero-order valence-electron chi connectivity index (χ0n) is 15.7. The van der Waals surface area contributed by atoms with Crippen molar-refractivity contribution in [3.63, 3.8) is 0 Å². The van der Waals surface area contributed by atoms with Gasteiger partial charge in [0.15, 0.2) is 11.5 Å². The molecule has 0 aliphatic rings. The number of urea groups is 1. The molecule has 7 nitrogen and oxygen atoms in total. The van der Waals surface area contributed by atoms with Crippen LogP contribution in [0.15, 0.2) is 42.5 Å². The number of halogens is 3. The number of amides is 3. The van der Waals surface area contributed by atoms with Gasteiger partial charge in [-0.25, -0.2) is 4.79 Å². The van der Waals surface area contributed by atoms with E-state index in [4.69, 9.17) is 9.47 Å². The van der Waals surface area contributed by atoms with E-state index in [2.05, 4.69) is 10.6 Å². The molecule has 0 aliphatic heterocycles. The highest BCUT2D eigenvalue weighted by Crippen LogP contribution is 2.29. The third-order valence-electron chi connectivity index (χ3n) is 3.70. The fourth-order valence-corrected chi connectivity index (χ4v) is 2.36. The van der Waals surface area contributed by atoms with Gasteiger partial charge in [0.2, 0.25) is 5.91 Å². The number of nitrogens with one attached hydrogen (secondary N) is 3. The van der Waals surface area contributed by atoms with Gasteiger partial charge in [-0.15, -0.1) is 0 Å². The predicted molar refractivity (Wildman–Crippen MR) is 101 cm³/mol. The summed E-state index contributed by atoms with van der Waals surface area (Å²) >= 11 is 0. The first-order valence-corrected chi connectivity index (χ1v) is 8.42. The average molecular weight is 411 g/mol. The van der Waals surface area contributed by atoms with E-state index in [-0.39, 0.29) is 6.42 Å². The second kappa shape index (κ2) is 9.67. The molecule has 0 bridgehead atoms. The van der Waals surface area contributed by atoms with E-state index in [1.807, 2.05) is 0 Å². The summed E-state index contributed by atoms with van der Waals surface area (Å²) in [5, 5.41) is 7.05. The van der Waals surface area contributed by atoms with E-state index in [0.717, 1.165) is 0 Å². The van der Waals surface area contributed by atoms with E-state index in [0.29, 0.717) is 28.4 Å². The lowest BCUT2D eigenvalue weighted by Gasteiger charge is -2.12. The number of carbonyl (C=O) groups excluding carboxylic acids is 2. The second-order valence-corrected chi connectivity index (χ2v) is 5.91. The number of anilines is 2. The maximum Gasteiger partial charge on any atom is 0.405 e. The summed E-state index contributed by atoms with van der Waals surface area (Å²) in [6.07, 6.45) is -4.65. The molecular formula is C19H20F3N3O4. The Balaban J connectivity index is 1.89. The highest BCUT2D eigenvalue weighted by atomic mass is 19.4. The molecule has 2 aromatic carbocycles. The molecule has 2 aromatic rings. The average Bonchev–Trinajstić information content (AvgIpc) is 2.67. The third kappa shape index (κ3) is 7.24. The Morgan fingerprint density at radius 3 is 2.07 bits per heavy atom. The first-order valence-electron chi connectivity index (χ1n) is 8.42. The highest BCUT2D eigenvalue weighted by Gasteiger charge is 2.27. The summed E-state index contributed by atoms with van der Waals surface area (Å²) in [5.74, 6) is 0.237. The molecule has 0 saturated heterocycles. The first kappa shape index (κ1) is 21.9. The van der Waals surface area contributed by atoms with Gasteiger partial charge in [-0.05, 0) is 29.8 Å². The van der Waals surface area contributed by atoms with Crippen molar-refractivity contribution in [1.82, 2.24) is 5.32 Å². The van der Waals surface area contributed by atoms with E-state index >= 15 is 0 Å². The van der Waals surface area contributed by atoms with Gasteiger partial charge < -0.3 is 25.4 Å². The van der Waals surface area contributed by atoms with Crippen LogP contribution < -0.4 is 25.4 Å². The molecule has 0 unspecified atom stereocenters. The van der Waals surface area contributed by atoms with Crippen LogP contribution in [0.2, 0.25) is 0 Å². The van der Waals surface area contributed by atoms with Crippen LogP contribution in [0, 0.1) is 0 Å². The van der Waals surface area contributed by atoms with Crippen LogP contribution in [-0.2, 0) is 11.2 Å². The van der Waals surface area contributed by atoms with Gasteiger partial charge in [0.05, 0.1) is 20.6 Å². The fraction of sp³-hybridized carbons (Fsp3) is 0.263. The Morgan fingerprint density at radius 1 is 0.897 bits per heavy atom. The third-order valence-corrected chi connectivity index (χ3v) is 3.70. The number of ether oxygens (including phenoxy) is 2. The number of methoxy groups -OCH3 is 2. The Bertz CT molecular complexity index is 855. The molecule has 0 saturated carbocycles. The second-order valence-electron chi connectivity index (χ2n) is 5.91. The van der Waals surface area contributed by atoms with Gasteiger partial charge in [-0.2, -0.15) is 13.2 Å². The van der Waals surface area contributed by atoms with Crippen LogP contribution in [0.1, 0.15) is 5.56 Å². The van der Waals surface area contributed by atoms with Crippen LogP contribution in [0.3, 0.4) is 0 Å². The van der Waals surface area contributed by atoms with Gasteiger partial charge in [-0.1, -0.05) is 12.1 Å². The molecule has 0 aliphatic carbocycles. The number of rotatable bonds is 7. The first-order chi connectivity index (χ1) is 13.7. The topological polar surface area (TPSA) is 88.7 Å². The lowest BCUT2D eigenvalue weighted by atomic mass is 10.1. The van der Waals surface area contributed by atoms with E-state index in [1.165, 1.54) is 14.2 Å². The van der Waals surface area contributed by atoms with Gasteiger partial charge >= 0.3 is 12.2 Å². The van der Waals surface area contributed by atoms with Crippen LogP contribution in [0.5, 0.6) is 11.5 Å². The van der Waals surface area contributed by atoms with Crippen LogP contribution in [-0.4, -0.2) is 38.9 Å². The van der Waals surface area contributed by atoms with E-state index in [9.17, 15) is 22.8 Å². The zero-order chi connectivity index (χ0) is 21.4. The quantitative estimate of drug-likeness (QED) is 0.650. The molecule has 0 spiro atoms. The Kier molecular flexibility index (Phi) is 7.29. The molecule has 10 heteroatoms. The Hall–Kier alpha value is -3.43. The normalized spacial score (nSPS) is 10.8. The molecular weight excluding hydrogens is 391 g/mol. The van der Waals surface area contributed by atoms with Gasteiger partial charge in [0.25, 0.3) is 0 Å². The summed E-state index contributed by atoms with van der Waals surface area (Å²) in [4.78, 5) is 23.6.